The zero-order valence-electron chi connectivity index (χ0n) is 9.50. The van der Waals surface area contributed by atoms with Gasteiger partial charge in [0.2, 0.25) is 0 Å². The molecule has 1 aliphatic heterocycles. The van der Waals surface area contributed by atoms with Crippen LogP contribution < -0.4 is 0 Å². The summed E-state index contributed by atoms with van der Waals surface area (Å²) in [5.41, 5.74) is 0. The molecule has 1 rings (SSSR count). The van der Waals surface area contributed by atoms with Crippen LogP contribution in [0.1, 0.15) is 6.92 Å². The van der Waals surface area contributed by atoms with Crippen LogP contribution in [0.25, 0.3) is 0 Å². The zero-order chi connectivity index (χ0) is 12.2. The number of alkyl halides is 3. The van der Waals surface area contributed by atoms with Crippen molar-refractivity contribution in [2.45, 2.75) is 13.1 Å². The van der Waals surface area contributed by atoms with Crippen LogP contribution in [0.2, 0.25) is 0 Å². The molecule has 1 aliphatic rings. The van der Waals surface area contributed by atoms with Gasteiger partial charge in [0, 0.05) is 39.3 Å². The van der Waals surface area contributed by atoms with Crippen molar-refractivity contribution in [3.63, 3.8) is 0 Å². The molecule has 0 aliphatic carbocycles. The summed E-state index contributed by atoms with van der Waals surface area (Å²) < 4.78 is 36.3. The molecule has 0 saturated carbocycles. The highest BCUT2D eigenvalue weighted by atomic mass is 19.4. The van der Waals surface area contributed by atoms with Crippen LogP contribution in [-0.2, 0) is 0 Å². The Balaban J connectivity index is 2.23. The highest BCUT2D eigenvalue weighted by Crippen LogP contribution is 2.17. The van der Waals surface area contributed by atoms with E-state index < -0.39 is 12.7 Å². The van der Waals surface area contributed by atoms with Crippen molar-refractivity contribution in [2.24, 2.45) is 5.92 Å². The van der Waals surface area contributed by atoms with Crippen molar-refractivity contribution in [1.29, 1.82) is 0 Å². The lowest BCUT2D eigenvalue weighted by molar-refractivity contribution is -0.149. The van der Waals surface area contributed by atoms with E-state index in [1.807, 2.05) is 6.92 Å². The first-order valence-corrected chi connectivity index (χ1v) is 5.53. The van der Waals surface area contributed by atoms with Gasteiger partial charge in [-0.25, -0.2) is 0 Å². The molecule has 0 bridgehead atoms. The summed E-state index contributed by atoms with van der Waals surface area (Å²) in [5.74, 6) is 0.189. The van der Waals surface area contributed by atoms with Crippen molar-refractivity contribution in [1.82, 2.24) is 9.80 Å². The Hall–Kier alpha value is -0.330. The fourth-order valence-corrected chi connectivity index (χ4v) is 1.88. The van der Waals surface area contributed by atoms with Gasteiger partial charge in [-0.1, -0.05) is 6.92 Å². The van der Waals surface area contributed by atoms with Crippen LogP contribution in [0.4, 0.5) is 13.2 Å². The highest BCUT2D eigenvalue weighted by molar-refractivity contribution is 4.74. The summed E-state index contributed by atoms with van der Waals surface area (Å²) >= 11 is 0. The molecule has 3 nitrogen and oxygen atoms in total. The Morgan fingerprint density at radius 3 is 2.06 bits per heavy atom. The Morgan fingerprint density at radius 2 is 1.62 bits per heavy atom. The molecule has 1 unspecified atom stereocenters. The van der Waals surface area contributed by atoms with Gasteiger partial charge in [-0.2, -0.15) is 13.2 Å². The van der Waals surface area contributed by atoms with E-state index in [9.17, 15) is 13.2 Å². The number of piperazine rings is 1. The van der Waals surface area contributed by atoms with Gasteiger partial charge in [-0.3, -0.25) is 4.90 Å². The predicted molar refractivity (Wildman–Crippen MR) is 55.2 cm³/mol. The SMILES string of the molecule is CC(CO)CN1CCN(CC(F)(F)F)CC1. The largest absolute Gasteiger partial charge is 0.401 e. The number of aliphatic hydroxyl groups is 1. The minimum atomic E-state index is -4.10. The van der Waals surface area contributed by atoms with E-state index in [2.05, 4.69) is 4.90 Å². The topological polar surface area (TPSA) is 26.7 Å². The Morgan fingerprint density at radius 1 is 1.12 bits per heavy atom. The van der Waals surface area contributed by atoms with Gasteiger partial charge < -0.3 is 10.0 Å². The Labute approximate surface area is 93.8 Å². The fourth-order valence-electron chi connectivity index (χ4n) is 1.88. The second-order valence-corrected chi connectivity index (χ2v) is 4.48. The van der Waals surface area contributed by atoms with Crippen LogP contribution in [0.5, 0.6) is 0 Å². The average molecular weight is 240 g/mol. The molecular weight excluding hydrogens is 221 g/mol. The molecule has 0 amide bonds. The monoisotopic (exact) mass is 240 g/mol. The molecule has 0 aromatic rings. The summed E-state index contributed by atoms with van der Waals surface area (Å²) in [7, 11) is 0. The number of hydrogen-bond acceptors (Lipinski definition) is 3. The predicted octanol–water partition coefficient (Wildman–Crippen LogP) is 0.795. The van der Waals surface area contributed by atoms with Crippen molar-refractivity contribution in [3.8, 4) is 0 Å². The van der Waals surface area contributed by atoms with Gasteiger partial charge in [-0.15, -0.1) is 0 Å². The molecule has 1 fully saturated rings. The third-order valence-electron chi connectivity index (χ3n) is 2.75. The van der Waals surface area contributed by atoms with Crippen LogP contribution in [0.3, 0.4) is 0 Å². The first-order valence-electron chi connectivity index (χ1n) is 5.53. The summed E-state index contributed by atoms with van der Waals surface area (Å²) in [4.78, 5) is 3.54. The van der Waals surface area contributed by atoms with Gasteiger partial charge in [0.15, 0.2) is 0 Å². The van der Waals surface area contributed by atoms with Gasteiger partial charge in [-0.05, 0) is 5.92 Å². The summed E-state index contributed by atoms with van der Waals surface area (Å²) in [6.45, 7) is 4.23. The molecule has 16 heavy (non-hydrogen) atoms. The number of nitrogens with zero attached hydrogens (tertiary/aromatic N) is 2. The number of hydrogen-bond donors (Lipinski definition) is 1. The van der Waals surface area contributed by atoms with Crippen molar-refractivity contribution in [3.05, 3.63) is 0 Å². The number of aliphatic hydroxyl groups excluding tert-OH is 1. The van der Waals surface area contributed by atoms with E-state index in [-0.39, 0.29) is 12.5 Å². The van der Waals surface area contributed by atoms with E-state index in [0.29, 0.717) is 26.2 Å². The lowest BCUT2D eigenvalue weighted by atomic mass is 10.1. The molecule has 6 heteroatoms. The molecular formula is C10H19F3N2O. The summed E-state index contributed by atoms with van der Waals surface area (Å²) in [6, 6.07) is 0. The lowest BCUT2D eigenvalue weighted by Crippen LogP contribution is -2.50. The average Bonchev–Trinajstić information content (AvgIpc) is 2.18. The molecule has 1 atom stereocenters. The highest BCUT2D eigenvalue weighted by Gasteiger charge is 2.32. The van der Waals surface area contributed by atoms with E-state index >= 15 is 0 Å². The molecule has 0 aromatic carbocycles. The zero-order valence-corrected chi connectivity index (χ0v) is 9.50. The summed E-state index contributed by atoms with van der Waals surface area (Å²) in [6.07, 6.45) is -4.10. The summed E-state index contributed by atoms with van der Waals surface area (Å²) in [5, 5.41) is 8.88. The second-order valence-electron chi connectivity index (χ2n) is 4.48. The Kier molecular flexibility index (Phi) is 5.01. The number of halogens is 3. The van der Waals surface area contributed by atoms with E-state index in [1.54, 1.807) is 0 Å². The van der Waals surface area contributed by atoms with E-state index in [0.717, 1.165) is 6.54 Å². The minimum absolute atomic E-state index is 0.128. The maximum atomic E-state index is 12.1. The second kappa shape index (κ2) is 5.84. The molecule has 1 saturated heterocycles. The first kappa shape index (κ1) is 13.7. The lowest BCUT2D eigenvalue weighted by Gasteiger charge is -2.35. The standard InChI is InChI=1S/C10H19F3N2O/c1-9(7-16)6-14-2-4-15(5-3-14)8-10(11,12)13/h9,16H,2-8H2,1H3. The molecule has 0 aromatic heterocycles. The molecule has 1 heterocycles. The minimum Gasteiger partial charge on any atom is -0.396 e. The third-order valence-corrected chi connectivity index (χ3v) is 2.75. The van der Waals surface area contributed by atoms with Gasteiger partial charge >= 0.3 is 6.18 Å². The van der Waals surface area contributed by atoms with Crippen LogP contribution in [-0.4, -0.2) is 67.0 Å². The van der Waals surface area contributed by atoms with Crippen LogP contribution in [0, 0.1) is 5.92 Å². The van der Waals surface area contributed by atoms with Crippen molar-refractivity contribution >= 4 is 0 Å². The van der Waals surface area contributed by atoms with E-state index in [1.165, 1.54) is 4.90 Å². The quantitative estimate of drug-likeness (QED) is 0.787. The smallest absolute Gasteiger partial charge is 0.396 e. The fraction of sp³-hybridized carbons (Fsp3) is 1.00. The molecule has 1 N–H and O–H groups in total. The Bertz CT molecular complexity index is 203. The van der Waals surface area contributed by atoms with Crippen LogP contribution >= 0.6 is 0 Å². The molecule has 96 valence electrons. The van der Waals surface area contributed by atoms with Gasteiger partial charge in [0.25, 0.3) is 0 Å². The van der Waals surface area contributed by atoms with Gasteiger partial charge in [0.05, 0.1) is 6.54 Å². The normalized spacial score (nSPS) is 22.3. The maximum Gasteiger partial charge on any atom is 0.401 e. The molecule has 0 radical (unpaired) electrons. The number of rotatable bonds is 4. The van der Waals surface area contributed by atoms with Crippen molar-refractivity contribution in [2.75, 3.05) is 45.9 Å². The maximum absolute atomic E-state index is 12.1. The van der Waals surface area contributed by atoms with Gasteiger partial charge in [0.1, 0.15) is 0 Å². The molecule has 0 spiro atoms. The van der Waals surface area contributed by atoms with Crippen molar-refractivity contribution < 1.29 is 18.3 Å². The third kappa shape index (κ3) is 5.14. The first-order chi connectivity index (χ1) is 7.40. The van der Waals surface area contributed by atoms with Crippen LogP contribution in [0.15, 0.2) is 0 Å². The van der Waals surface area contributed by atoms with E-state index in [4.69, 9.17) is 5.11 Å².